The fraction of sp³-hybridized carbons (Fsp3) is 0.385. The van der Waals surface area contributed by atoms with Gasteiger partial charge in [0, 0.05) is 36.0 Å². The van der Waals surface area contributed by atoms with E-state index in [0.717, 1.165) is 23.1 Å². The maximum atomic E-state index is 14.2. The minimum absolute atomic E-state index is 0.0136. The number of nitrogens with one attached hydrogen (secondary N) is 1. The van der Waals surface area contributed by atoms with Crippen molar-refractivity contribution in [3.63, 3.8) is 0 Å². The van der Waals surface area contributed by atoms with E-state index in [1.165, 1.54) is 17.7 Å². The number of fused-ring (bicyclic) bond motifs is 2. The summed E-state index contributed by atoms with van der Waals surface area (Å²) in [7, 11) is -4.39. The SMILES string of the molecule is C=COCCOC.CC.CC1Cn2nc(-c3nc(OS(=O)(=O)C(F)(F)F)c4ccsc4c3C=C(F)/C=C/F)cc2CN1. The molecule has 1 N–H and O–H groups in total. The highest BCUT2D eigenvalue weighted by atomic mass is 32.2. The largest absolute Gasteiger partial charge is 0.534 e. The fourth-order valence-corrected chi connectivity index (χ4v) is 4.83. The van der Waals surface area contributed by atoms with Crippen molar-refractivity contribution >= 4 is 37.6 Å². The molecule has 16 heteroatoms. The Labute approximate surface area is 244 Å². The predicted molar refractivity (Wildman–Crippen MR) is 151 cm³/mol. The molecule has 42 heavy (non-hydrogen) atoms. The van der Waals surface area contributed by atoms with Crippen LogP contribution in [0.1, 0.15) is 32.0 Å². The van der Waals surface area contributed by atoms with Crippen LogP contribution in [-0.2, 0) is 32.7 Å². The maximum Gasteiger partial charge on any atom is 0.534 e. The Bertz CT molecular complexity index is 1500. The second-order valence-corrected chi connectivity index (χ2v) is 10.6. The summed E-state index contributed by atoms with van der Waals surface area (Å²) in [5.74, 6) is -1.82. The minimum atomic E-state index is -6.02. The van der Waals surface area contributed by atoms with Crippen molar-refractivity contribution in [1.29, 1.82) is 0 Å². The highest BCUT2D eigenvalue weighted by molar-refractivity contribution is 7.88. The summed E-state index contributed by atoms with van der Waals surface area (Å²) in [5.41, 5.74) is -4.81. The number of hydrogen-bond donors (Lipinski definition) is 1. The van der Waals surface area contributed by atoms with Crippen molar-refractivity contribution in [3.05, 3.63) is 59.8 Å². The van der Waals surface area contributed by atoms with Gasteiger partial charge in [-0.1, -0.05) is 20.4 Å². The topological polar surface area (TPSA) is 105 Å². The summed E-state index contributed by atoms with van der Waals surface area (Å²) in [4.78, 5) is 4.00. The lowest BCUT2D eigenvalue weighted by atomic mass is 10.1. The first-order valence-electron chi connectivity index (χ1n) is 12.5. The first-order chi connectivity index (χ1) is 19.9. The summed E-state index contributed by atoms with van der Waals surface area (Å²) in [5, 5.41) is 9.00. The van der Waals surface area contributed by atoms with E-state index in [2.05, 4.69) is 30.9 Å². The zero-order valence-corrected chi connectivity index (χ0v) is 24.9. The molecular weight excluding hydrogens is 607 g/mol. The molecule has 0 saturated carbocycles. The van der Waals surface area contributed by atoms with Crippen LogP contribution in [0.4, 0.5) is 22.0 Å². The van der Waals surface area contributed by atoms with E-state index < -0.39 is 27.3 Å². The number of pyridine rings is 1. The van der Waals surface area contributed by atoms with Crippen LogP contribution in [0, 0.1) is 0 Å². The van der Waals surface area contributed by atoms with Crippen LogP contribution in [-0.4, -0.2) is 55.1 Å². The van der Waals surface area contributed by atoms with Crippen LogP contribution in [0.3, 0.4) is 0 Å². The van der Waals surface area contributed by atoms with Gasteiger partial charge in [-0.2, -0.15) is 26.7 Å². The number of hydrogen-bond acceptors (Lipinski definition) is 9. The molecule has 3 aromatic heterocycles. The average Bonchev–Trinajstić information content (AvgIpc) is 3.59. The minimum Gasteiger partial charge on any atom is -0.499 e. The van der Waals surface area contributed by atoms with Gasteiger partial charge in [-0.15, -0.1) is 11.3 Å². The van der Waals surface area contributed by atoms with Crippen molar-refractivity contribution in [1.82, 2.24) is 20.1 Å². The molecule has 4 heterocycles. The van der Waals surface area contributed by atoms with Gasteiger partial charge in [0.2, 0.25) is 5.88 Å². The van der Waals surface area contributed by atoms with E-state index in [1.807, 2.05) is 20.8 Å². The van der Waals surface area contributed by atoms with Gasteiger partial charge in [0.15, 0.2) is 0 Å². The summed E-state index contributed by atoms with van der Waals surface area (Å²) >= 11 is 0.994. The molecule has 1 atom stereocenters. The van der Waals surface area contributed by atoms with Gasteiger partial charge < -0.3 is 19.0 Å². The Balaban J connectivity index is 0.000000601. The lowest BCUT2D eigenvalue weighted by Crippen LogP contribution is -2.36. The van der Waals surface area contributed by atoms with Crippen molar-refractivity contribution in [2.24, 2.45) is 0 Å². The molecule has 1 unspecified atom stereocenters. The number of thiophene rings is 1. The first kappa shape index (κ1) is 34.9. The van der Waals surface area contributed by atoms with Crippen molar-refractivity contribution < 1.29 is 44.0 Å². The third kappa shape index (κ3) is 8.83. The molecule has 3 aromatic rings. The van der Waals surface area contributed by atoms with E-state index in [4.69, 9.17) is 4.74 Å². The molecule has 1 aliphatic heterocycles. The monoisotopic (exact) mass is 638 g/mol. The number of ether oxygens (including phenoxy) is 2. The number of nitrogens with zero attached hydrogens (tertiary/aromatic N) is 3. The number of alkyl halides is 3. The van der Waals surface area contributed by atoms with Crippen LogP contribution in [0.2, 0.25) is 0 Å². The summed E-state index contributed by atoms with van der Waals surface area (Å²) in [6, 6.07) is 2.99. The van der Waals surface area contributed by atoms with E-state index in [9.17, 15) is 30.4 Å². The first-order valence-corrected chi connectivity index (χ1v) is 14.8. The second kappa shape index (κ2) is 15.8. The zero-order valence-electron chi connectivity index (χ0n) is 23.2. The predicted octanol–water partition coefficient (Wildman–Crippen LogP) is 6.49. The lowest BCUT2D eigenvalue weighted by Gasteiger charge is -2.21. The lowest BCUT2D eigenvalue weighted by molar-refractivity contribution is -0.0500. The molecule has 232 valence electrons. The average molecular weight is 639 g/mol. The highest BCUT2D eigenvalue weighted by Crippen LogP contribution is 2.40. The number of aromatic nitrogens is 3. The smallest absolute Gasteiger partial charge is 0.499 e. The molecule has 9 nitrogen and oxygen atoms in total. The van der Waals surface area contributed by atoms with Gasteiger partial charge >= 0.3 is 15.6 Å². The van der Waals surface area contributed by atoms with Gasteiger partial charge in [-0.3, -0.25) is 4.68 Å². The van der Waals surface area contributed by atoms with Gasteiger partial charge in [0.1, 0.15) is 23.8 Å². The standard InChI is InChI=1S/C19H15F5N4O3S2.C5H10O2.C2H6/c1-10-9-28-12(8-25-10)7-15(27-28)16-14(6-11(21)2-4-20)17-13(3-5-32-17)18(26-16)31-33(29,30)19(22,23)24;1-3-7-5-4-6-2;1-2/h2-7,10,25H,8-9H2,1H3;3H,1,4-5H2,2H3;1-2H3/b4-2+,11-6?;;. The molecule has 0 saturated heterocycles. The molecule has 1 aliphatic rings. The molecule has 4 rings (SSSR count). The normalized spacial score (nSPS) is 15.4. The van der Waals surface area contributed by atoms with Crippen LogP contribution in [0.5, 0.6) is 5.88 Å². The quantitative estimate of drug-likeness (QED) is 0.0708. The fourth-order valence-electron chi connectivity index (χ4n) is 3.49. The Hall–Kier alpha value is -3.34. The van der Waals surface area contributed by atoms with E-state index in [1.54, 1.807) is 17.9 Å². The Kier molecular flexibility index (Phi) is 13.1. The molecule has 0 aromatic carbocycles. The number of allylic oxidation sites excluding steroid dienone is 2. The van der Waals surface area contributed by atoms with Crippen LogP contribution in [0.15, 0.2) is 48.6 Å². The number of rotatable bonds is 9. The van der Waals surface area contributed by atoms with Crippen molar-refractivity contribution in [2.75, 3.05) is 20.3 Å². The van der Waals surface area contributed by atoms with E-state index >= 15 is 0 Å². The molecule has 0 bridgehead atoms. The zero-order chi connectivity index (χ0) is 31.5. The van der Waals surface area contributed by atoms with Gasteiger partial charge in [0.05, 0.1) is 36.8 Å². The summed E-state index contributed by atoms with van der Waals surface area (Å²) in [6.45, 7) is 11.5. The summed E-state index contributed by atoms with van der Waals surface area (Å²) in [6.07, 6.45) is 2.88. The number of halogens is 5. The Morgan fingerprint density at radius 1 is 1.31 bits per heavy atom. The Morgan fingerprint density at radius 2 is 2.02 bits per heavy atom. The molecular formula is C26H31F5N4O5S2. The van der Waals surface area contributed by atoms with Crippen molar-refractivity contribution in [2.45, 2.75) is 45.4 Å². The van der Waals surface area contributed by atoms with Crippen LogP contribution >= 0.6 is 11.3 Å². The third-order valence-electron chi connectivity index (χ3n) is 5.29. The number of methoxy groups -OCH3 is 1. The molecule has 0 amide bonds. The van der Waals surface area contributed by atoms with E-state index in [0.29, 0.717) is 32.4 Å². The Morgan fingerprint density at radius 3 is 2.64 bits per heavy atom. The molecule has 0 fully saturated rings. The molecule has 0 radical (unpaired) electrons. The molecule has 0 spiro atoms. The summed E-state index contributed by atoms with van der Waals surface area (Å²) < 4.78 is 104. The van der Waals surface area contributed by atoms with E-state index in [-0.39, 0.29) is 39.4 Å². The third-order valence-corrected chi connectivity index (χ3v) is 7.18. The van der Waals surface area contributed by atoms with Crippen molar-refractivity contribution in [3.8, 4) is 17.3 Å². The maximum absolute atomic E-state index is 14.2. The highest BCUT2D eigenvalue weighted by Gasteiger charge is 2.49. The second-order valence-electron chi connectivity index (χ2n) is 8.16. The van der Waals surface area contributed by atoms with Crippen LogP contribution < -0.4 is 9.50 Å². The van der Waals surface area contributed by atoms with Gasteiger partial charge in [-0.05, 0) is 30.5 Å². The van der Waals surface area contributed by atoms with Gasteiger partial charge in [0.25, 0.3) is 0 Å². The van der Waals surface area contributed by atoms with Crippen LogP contribution in [0.25, 0.3) is 27.6 Å². The molecule has 0 aliphatic carbocycles. The van der Waals surface area contributed by atoms with Gasteiger partial charge in [-0.25, -0.2) is 13.8 Å².